The molecule has 1 aromatic rings. The number of urea groups is 1. The largest absolute Gasteiger partial charge is 0.386 e. The van der Waals surface area contributed by atoms with Gasteiger partial charge in [-0.05, 0) is 31.5 Å². The van der Waals surface area contributed by atoms with Gasteiger partial charge in [-0.2, -0.15) is 0 Å². The van der Waals surface area contributed by atoms with Gasteiger partial charge >= 0.3 is 6.03 Å². The van der Waals surface area contributed by atoms with E-state index >= 15 is 0 Å². The molecule has 3 N–H and O–H groups in total. The Labute approximate surface area is 128 Å². The number of carbonyl (C=O) groups is 2. The first-order valence-electron chi connectivity index (χ1n) is 6.45. The highest BCUT2D eigenvalue weighted by atomic mass is 35.5. The highest BCUT2D eigenvalue weighted by Gasteiger charge is 2.43. The highest BCUT2D eigenvalue weighted by Crippen LogP contribution is 2.20. The average molecular weight is 309 g/mol. The van der Waals surface area contributed by atoms with Gasteiger partial charge in [0.2, 0.25) is 0 Å². The van der Waals surface area contributed by atoms with Crippen LogP contribution >= 0.6 is 11.6 Å². The molecule has 21 heavy (non-hydrogen) atoms. The molecule has 0 saturated carbocycles. The van der Waals surface area contributed by atoms with Gasteiger partial charge in [-0.1, -0.05) is 12.1 Å². The Bertz CT molecular complexity index is 595. The molecule has 1 aromatic carbocycles. The molecule has 7 heteroatoms. The Morgan fingerprint density at radius 2 is 1.95 bits per heavy atom. The number of halogens is 1. The number of carbonyl (C=O) groups excluding carboxylic acids is 2. The third-order valence-electron chi connectivity index (χ3n) is 3.13. The molecule has 0 bridgehead atoms. The summed E-state index contributed by atoms with van der Waals surface area (Å²) >= 11 is 5.56. The Morgan fingerprint density at radius 3 is 2.43 bits per heavy atom. The third kappa shape index (κ3) is 3.33. The first kappa shape index (κ1) is 15.3. The standard InChI is InChI=1S/C14H17ClN4O2/c1-14(2)12(20)19(13(21)18-14)8-9-3-5-10(6-4-9)17-11(16)7-15/h3-6H,7-8H2,1-2H3,(H2,16,17)(H,18,21). The summed E-state index contributed by atoms with van der Waals surface area (Å²) in [4.78, 5) is 29.2. The molecule has 0 radical (unpaired) electrons. The minimum absolute atomic E-state index is 0.166. The van der Waals surface area contributed by atoms with E-state index in [0.29, 0.717) is 11.5 Å². The fraction of sp³-hybridized carbons (Fsp3) is 0.357. The van der Waals surface area contributed by atoms with Crippen LogP contribution < -0.4 is 11.1 Å². The summed E-state index contributed by atoms with van der Waals surface area (Å²) in [6, 6.07) is 6.74. The maximum absolute atomic E-state index is 12.1. The summed E-state index contributed by atoms with van der Waals surface area (Å²) in [6.45, 7) is 3.59. The Kier molecular flexibility index (Phi) is 4.18. The molecular weight excluding hydrogens is 292 g/mol. The van der Waals surface area contributed by atoms with Crippen molar-refractivity contribution in [3.05, 3.63) is 29.8 Å². The molecule has 6 nitrogen and oxygen atoms in total. The van der Waals surface area contributed by atoms with Crippen LogP contribution in [-0.4, -0.2) is 34.1 Å². The number of alkyl halides is 1. The van der Waals surface area contributed by atoms with Crippen molar-refractivity contribution < 1.29 is 9.59 Å². The zero-order valence-electron chi connectivity index (χ0n) is 11.9. The number of rotatable bonds is 4. The van der Waals surface area contributed by atoms with E-state index in [1.807, 2.05) is 0 Å². The van der Waals surface area contributed by atoms with Crippen molar-refractivity contribution in [2.45, 2.75) is 25.9 Å². The van der Waals surface area contributed by atoms with Crippen molar-refractivity contribution >= 4 is 35.1 Å². The SMILES string of the molecule is CC1(C)NC(=O)N(Cc2ccc(N=C(N)CCl)cc2)C1=O. The first-order valence-corrected chi connectivity index (χ1v) is 6.99. The van der Waals surface area contributed by atoms with E-state index in [0.717, 1.165) is 5.56 Å². The molecule has 3 amide bonds. The van der Waals surface area contributed by atoms with E-state index < -0.39 is 5.54 Å². The number of nitrogens with one attached hydrogen (secondary N) is 1. The van der Waals surface area contributed by atoms with E-state index in [1.54, 1.807) is 38.1 Å². The van der Waals surface area contributed by atoms with Gasteiger partial charge in [0.1, 0.15) is 11.4 Å². The van der Waals surface area contributed by atoms with Gasteiger partial charge in [0.25, 0.3) is 5.91 Å². The highest BCUT2D eigenvalue weighted by molar-refractivity contribution is 6.28. The molecule has 0 spiro atoms. The lowest BCUT2D eigenvalue weighted by Crippen LogP contribution is -2.40. The zero-order chi connectivity index (χ0) is 15.6. The quantitative estimate of drug-likeness (QED) is 0.384. The van der Waals surface area contributed by atoms with Gasteiger partial charge in [0.05, 0.1) is 18.1 Å². The van der Waals surface area contributed by atoms with Crippen LogP contribution in [0, 0.1) is 0 Å². The van der Waals surface area contributed by atoms with Gasteiger partial charge in [-0.15, -0.1) is 11.6 Å². The Morgan fingerprint density at radius 1 is 1.33 bits per heavy atom. The van der Waals surface area contributed by atoms with Gasteiger partial charge in [0.15, 0.2) is 0 Å². The summed E-state index contributed by atoms with van der Waals surface area (Å²) < 4.78 is 0. The number of benzene rings is 1. The van der Waals surface area contributed by atoms with Crippen LogP contribution in [0.2, 0.25) is 0 Å². The second-order valence-electron chi connectivity index (χ2n) is 5.35. The van der Waals surface area contributed by atoms with Crippen molar-refractivity contribution in [3.8, 4) is 0 Å². The second-order valence-corrected chi connectivity index (χ2v) is 5.62. The molecule has 1 saturated heterocycles. The van der Waals surface area contributed by atoms with Crippen LogP contribution in [-0.2, 0) is 11.3 Å². The molecule has 112 valence electrons. The fourth-order valence-electron chi connectivity index (χ4n) is 2.02. The average Bonchev–Trinajstić information content (AvgIpc) is 2.63. The molecule has 0 atom stereocenters. The number of nitrogens with zero attached hydrogens (tertiary/aromatic N) is 2. The Balaban J connectivity index is 2.11. The molecule has 0 aromatic heterocycles. The van der Waals surface area contributed by atoms with Crippen LogP contribution in [0.3, 0.4) is 0 Å². The van der Waals surface area contributed by atoms with Gasteiger partial charge in [0, 0.05) is 0 Å². The van der Waals surface area contributed by atoms with Crippen LogP contribution in [0.1, 0.15) is 19.4 Å². The lowest BCUT2D eigenvalue weighted by atomic mass is 10.1. The molecule has 0 unspecified atom stereocenters. The molecule has 1 heterocycles. The van der Waals surface area contributed by atoms with Crippen LogP contribution in [0.4, 0.5) is 10.5 Å². The fourth-order valence-corrected chi connectivity index (χ4v) is 2.08. The topological polar surface area (TPSA) is 87.8 Å². The molecular formula is C14H17ClN4O2. The summed E-state index contributed by atoms with van der Waals surface area (Å²) in [5.74, 6) is 0.264. The number of aliphatic imine (C=N–C) groups is 1. The van der Waals surface area contributed by atoms with Crippen molar-refractivity contribution in [3.63, 3.8) is 0 Å². The smallest absolute Gasteiger partial charge is 0.325 e. The number of imide groups is 1. The van der Waals surface area contributed by atoms with Crippen molar-refractivity contribution in [2.75, 3.05) is 5.88 Å². The molecule has 1 aliphatic rings. The predicted molar refractivity (Wildman–Crippen MR) is 81.6 cm³/mol. The van der Waals surface area contributed by atoms with Gasteiger partial charge in [-0.3, -0.25) is 9.69 Å². The molecule has 1 aliphatic heterocycles. The van der Waals surface area contributed by atoms with Crippen molar-refractivity contribution in [1.82, 2.24) is 10.2 Å². The van der Waals surface area contributed by atoms with Gasteiger partial charge in [-0.25, -0.2) is 9.79 Å². The van der Waals surface area contributed by atoms with E-state index in [2.05, 4.69) is 10.3 Å². The van der Waals surface area contributed by atoms with Crippen LogP contribution in [0.5, 0.6) is 0 Å². The number of nitrogens with two attached hydrogens (primary N) is 1. The Hall–Kier alpha value is -2.08. The molecule has 1 fully saturated rings. The molecule has 0 aliphatic carbocycles. The zero-order valence-corrected chi connectivity index (χ0v) is 12.6. The maximum Gasteiger partial charge on any atom is 0.325 e. The summed E-state index contributed by atoms with van der Waals surface area (Å²) in [6.07, 6.45) is 0. The number of hydrogen-bond acceptors (Lipinski definition) is 3. The number of amides is 3. The summed E-state index contributed by atoms with van der Waals surface area (Å²) in [7, 11) is 0. The maximum atomic E-state index is 12.1. The molecule has 2 rings (SSSR count). The third-order valence-corrected chi connectivity index (χ3v) is 3.40. The van der Waals surface area contributed by atoms with E-state index in [1.165, 1.54) is 4.90 Å². The monoisotopic (exact) mass is 308 g/mol. The van der Waals surface area contributed by atoms with Crippen molar-refractivity contribution in [1.29, 1.82) is 0 Å². The predicted octanol–water partition coefficient (Wildman–Crippen LogP) is 1.74. The first-order chi connectivity index (χ1) is 9.83. The van der Waals surface area contributed by atoms with Crippen LogP contribution in [0.25, 0.3) is 0 Å². The van der Waals surface area contributed by atoms with E-state index in [-0.39, 0.29) is 24.4 Å². The minimum Gasteiger partial charge on any atom is -0.386 e. The van der Waals surface area contributed by atoms with Gasteiger partial charge < -0.3 is 11.1 Å². The summed E-state index contributed by atoms with van der Waals surface area (Å²) in [5.41, 5.74) is 6.21. The number of hydrogen-bond donors (Lipinski definition) is 2. The van der Waals surface area contributed by atoms with Crippen LogP contribution in [0.15, 0.2) is 29.3 Å². The number of amidine groups is 1. The van der Waals surface area contributed by atoms with E-state index in [9.17, 15) is 9.59 Å². The van der Waals surface area contributed by atoms with Crippen molar-refractivity contribution in [2.24, 2.45) is 10.7 Å². The lowest BCUT2D eigenvalue weighted by Gasteiger charge is -2.16. The van der Waals surface area contributed by atoms with E-state index in [4.69, 9.17) is 17.3 Å². The summed E-state index contributed by atoms with van der Waals surface area (Å²) in [5, 5.41) is 2.64. The lowest BCUT2D eigenvalue weighted by molar-refractivity contribution is -0.130. The normalized spacial score (nSPS) is 18.0. The second kappa shape index (κ2) is 5.73. The minimum atomic E-state index is -0.851.